The van der Waals surface area contributed by atoms with Gasteiger partial charge in [-0.15, -0.1) is 0 Å². The number of amides is 1. The summed E-state index contributed by atoms with van der Waals surface area (Å²) in [5, 5.41) is 2.50. The van der Waals surface area contributed by atoms with Crippen LogP contribution in [-0.4, -0.2) is 84.3 Å². The van der Waals surface area contributed by atoms with Gasteiger partial charge in [-0.25, -0.2) is 16.8 Å². The lowest BCUT2D eigenvalue weighted by molar-refractivity contribution is -0.0258. The first-order valence-corrected chi connectivity index (χ1v) is 11.2. The molecular formula is C15H23N3O7S2. The lowest BCUT2D eigenvalue weighted by Gasteiger charge is -2.26. The number of hydrogen-bond acceptors (Lipinski definition) is 7. The highest BCUT2D eigenvalue weighted by Gasteiger charge is 2.25. The molecule has 1 aromatic rings. The third kappa shape index (κ3) is 5.46. The Hall–Kier alpha value is -1.57. The third-order valence-electron chi connectivity index (χ3n) is 4.00. The van der Waals surface area contributed by atoms with Crippen LogP contribution in [-0.2, 0) is 29.6 Å². The van der Waals surface area contributed by atoms with Gasteiger partial charge in [0.2, 0.25) is 10.0 Å². The van der Waals surface area contributed by atoms with Gasteiger partial charge in [-0.1, -0.05) is 10.5 Å². The second kappa shape index (κ2) is 9.08. The molecule has 12 heteroatoms. The van der Waals surface area contributed by atoms with Gasteiger partial charge in [0.25, 0.3) is 15.9 Å². The maximum atomic E-state index is 12.2. The molecule has 1 saturated heterocycles. The summed E-state index contributed by atoms with van der Waals surface area (Å²) < 4.78 is 56.0. The molecule has 0 saturated carbocycles. The number of hydroxylamine groups is 1. The average Bonchev–Trinajstić information content (AvgIpc) is 2.67. The summed E-state index contributed by atoms with van der Waals surface area (Å²) in [5.41, 5.74) is 0.101. The lowest BCUT2D eigenvalue weighted by Crippen LogP contribution is -2.43. The standard InChI is InChI=1S/C15H23N3O7S2/c1-17(24-2)27(22,23)14-5-3-4-13(12-14)15(19)16-6-11-26(20,21)18-7-9-25-10-8-18/h3-5,12H,6-11H2,1-2H3,(H,16,19). The van der Waals surface area contributed by atoms with E-state index in [-0.39, 0.29) is 22.8 Å². The molecule has 0 bridgehead atoms. The maximum Gasteiger partial charge on any atom is 0.264 e. The van der Waals surface area contributed by atoms with Crippen LogP contribution in [0.5, 0.6) is 0 Å². The summed E-state index contributed by atoms with van der Waals surface area (Å²) in [6, 6.07) is 5.41. The molecule has 1 heterocycles. The number of ether oxygens (including phenoxy) is 1. The second-order valence-corrected chi connectivity index (χ2v) is 9.73. The van der Waals surface area contributed by atoms with Crippen LogP contribution in [0.25, 0.3) is 0 Å². The zero-order chi connectivity index (χ0) is 20.1. The highest BCUT2D eigenvalue weighted by Crippen LogP contribution is 2.16. The molecule has 0 unspecified atom stereocenters. The number of sulfonamides is 2. The van der Waals surface area contributed by atoms with Crippen molar-refractivity contribution in [2.24, 2.45) is 0 Å². The zero-order valence-corrected chi connectivity index (χ0v) is 16.8. The molecule has 0 aromatic heterocycles. The van der Waals surface area contributed by atoms with Crippen molar-refractivity contribution in [3.05, 3.63) is 29.8 Å². The van der Waals surface area contributed by atoms with E-state index in [1.165, 1.54) is 42.7 Å². The van der Waals surface area contributed by atoms with E-state index in [1.807, 2.05) is 0 Å². The van der Waals surface area contributed by atoms with Crippen LogP contribution in [0.3, 0.4) is 0 Å². The molecule has 10 nitrogen and oxygen atoms in total. The number of nitrogens with zero attached hydrogens (tertiary/aromatic N) is 2. The molecule has 1 aromatic carbocycles. The summed E-state index contributed by atoms with van der Waals surface area (Å²) in [5.74, 6) is -0.812. The van der Waals surface area contributed by atoms with Crippen LogP contribution in [0, 0.1) is 0 Å². The fourth-order valence-corrected chi connectivity index (χ4v) is 4.74. The van der Waals surface area contributed by atoms with Crippen molar-refractivity contribution in [1.82, 2.24) is 14.1 Å². The van der Waals surface area contributed by atoms with Crippen LogP contribution >= 0.6 is 0 Å². The fraction of sp³-hybridized carbons (Fsp3) is 0.533. The molecule has 2 rings (SSSR count). The Bertz CT molecular complexity index is 865. The van der Waals surface area contributed by atoms with Crippen molar-refractivity contribution in [2.75, 3.05) is 52.8 Å². The van der Waals surface area contributed by atoms with Crippen molar-refractivity contribution >= 4 is 26.0 Å². The van der Waals surface area contributed by atoms with Gasteiger partial charge < -0.3 is 10.1 Å². The molecule has 1 amide bonds. The van der Waals surface area contributed by atoms with Gasteiger partial charge >= 0.3 is 0 Å². The quantitative estimate of drug-likeness (QED) is 0.549. The Morgan fingerprint density at radius 1 is 1.26 bits per heavy atom. The highest BCUT2D eigenvalue weighted by atomic mass is 32.2. The SMILES string of the molecule is CON(C)S(=O)(=O)c1cccc(C(=O)NCCS(=O)(=O)N2CCOCC2)c1. The van der Waals surface area contributed by atoms with E-state index in [0.29, 0.717) is 30.8 Å². The third-order valence-corrected chi connectivity index (χ3v) is 7.55. The number of rotatable bonds is 8. The second-order valence-electron chi connectivity index (χ2n) is 5.71. The molecular weight excluding hydrogens is 398 g/mol. The predicted octanol–water partition coefficient (Wildman–Crippen LogP) is -0.740. The largest absolute Gasteiger partial charge is 0.379 e. The van der Waals surface area contributed by atoms with Crippen molar-refractivity contribution < 1.29 is 31.2 Å². The molecule has 0 aliphatic carbocycles. The highest BCUT2D eigenvalue weighted by molar-refractivity contribution is 7.89. The maximum absolute atomic E-state index is 12.2. The smallest absolute Gasteiger partial charge is 0.264 e. The number of morpholine rings is 1. The van der Waals surface area contributed by atoms with E-state index in [9.17, 15) is 21.6 Å². The predicted molar refractivity (Wildman–Crippen MR) is 96.9 cm³/mol. The van der Waals surface area contributed by atoms with Gasteiger partial charge in [-0.2, -0.15) is 4.31 Å². The van der Waals surface area contributed by atoms with Gasteiger partial charge in [-0.05, 0) is 18.2 Å². The van der Waals surface area contributed by atoms with Gasteiger partial charge in [-0.3, -0.25) is 9.63 Å². The van der Waals surface area contributed by atoms with E-state index in [4.69, 9.17) is 9.57 Å². The molecule has 152 valence electrons. The van der Waals surface area contributed by atoms with E-state index in [0.717, 1.165) is 0 Å². The molecule has 0 radical (unpaired) electrons. The van der Waals surface area contributed by atoms with Crippen LogP contribution in [0.2, 0.25) is 0 Å². The van der Waals surface area contributed by atoms with Crippen molar-refractivity contribution in [2.45, 2.75) is 4.90 Å². The Balaban J connectivity index is 1.99. The molecule has 27 heavy (non-hydrogen) atoms. The Morgan fingerprint density at radius 2 is 1.93 bits per heavy atom. The van der Waals surface area contributed by atoms with Crippen molar-refractivity contribution in [1.29, 1.82) is 0 Å². The molecule has 0 atom stereocenters. The number of benzene rings is 1. The number of carbonyl (C=O) groups is 1. The van der Waals surface area contributed by atoms with Crippen LogP contribution in [0.15, 0.2) is 29.2 Å². The van der Waals surface area contributed by atoms with Gasteiger partial charge in [0, 0.05) is 32.2 Å². The summed E-state index contributed by atoms with van der Waals surface area (Å²) in [6.45, 7) is 1.20. The monoisotopic (exact) mass is 421 g/mol. The fourth-order valence-electron chi connectivity index (χ4n) is 2.39. The summed E-state index contributed by atoms with van der Waals surface area (Å²) in [4.78, 5) is 16.8. The first-order chi connectivity index (χ1) is 12.7. The number of hydrogen-bond donors (Lipinski definition) is 1. The van der Waals surface area contributed by atoms with Gasteiger partial charge in [0.1, 0.15) is 0 Å². The van der Waals surface area contributed by atoms with Gasteiger partial charge in [0.05, 0.1) is 31.0 Å². The summed E-state index contributed by atoms with van der Waals surface area (Å²) in [6.07, 6.45) is 0. The first kappa shape index (κ1) is 21.7. The lowest BCUT2D eigenvalue weighted by atomic mass is 10.2. The Kier molecular flexibility index (Phi) is 7.31. The number of carbonyl (C=O) groups excluding carboxylic acids is 1. The Labute approximate surface area is 159 Å². The van der Waals surface area contributed by atoms with E-state index < -0.39 is 26.0 Å². The summed E-state index contributed by atoms with van der Waals surface area (Å²) in [7, 11) is -4.93. The van der Waals surface area contributed by atoms with E-state index in [1.54, 1.807) is 0 Å². The van der Waals surface area contributed by atoms with E-state index in [2.05, 4.69) is 5.32 Å². The Morgan fingerprint density at radius 3 is 2.56 bits per heavy atom. The molecule has 1 aliphatic heterocycles. The topological polar surface area (TPSA) is 122 Å². The molecule has 1 N–H and O–H groups in total. The van der Waals surface area contributed by atoms with E-state index >= 15 is 0 Å². The minimum Gasteiger partial charge on any atom is -0.379 e. The molecule has 1 aliphatic rings. The van der Waals surface area contributed by atoms with Crippen molar-refractivity contribution in [3.8, 4) is 0 Å². The number of nitrogens with one attached hydrogen (secondary N) is 1. The normalized spacial score (nSPS) is 16.4. The van der Waals surface area contributed by atoms with Gasteiger partial charge in [0.15, 0.2) is 0 Å². The van der Waals surface area contributed by atoms with Crippen LogP contribution in [0.4, 0.5) is 0 Å². The molecule has 0 spiro atoms. The minimum atomic E-state index is -3.89. The van der Waals surface area contributed by atoms with Crippen molar-refractivity contribution in [3.63, 3.8) is 0 Å². The zero-order valence-electron chi connectivity index (χ0n) is 15.1. The average molecular weight is 421 g/mol. The molecule has 1 fully saturated rings. The first-order valence-electron chi connectivity index (χ1n) is 8.15. The summed E-state index contributed by atoms with van der Waals surface area (Å²) >= 11 is 0. The van der Waals surface area contributed by atoms with Crippen LogP contribution < -0.4 is 5.32 Å². The minimum absolute atomic E-state index is 0.0898. The van der Waals surface area contributed by atoms with Crippen LogP contribution in [0.1, 0.15) is 10.4 Å².